The SMILES string of the molecule is COc1ccc2c(c1)OCCC(CN1CCOCC1)C2=O. The van der Waals surface area contributed by atoms with Crippen LogP contribution in [-0.4, -0.2) is 57.2 Å². The van der Waals surface area contributed by atoms with Crippen molar-refractivity contribution in [2.75, 3.05) is 46.6 Å². The molecule has 5 heteroatoms. The molecular formula is C16H21NO4. The van der Waals surface area contributed by atoms with Gasteiger partial charge in [-0.3, -0.25) is 9.69 Å². The molecule has 5 nitrogen and oxygen atoms in total. The molecule has 2 aliphatic heterocycles. The van der Waals surface area contributed by atoms with Crippen LogP contribution >= 0.6 is 0 Å². The van der Waals surface area contributed by atoms with E-state index in [1.165, 1.54) is 0 Å². The minimum Gasteiger partial charge on any atom is -0.497 e. The van der Waals surface area contributed by atoms with Crippen LogP contribution in [0.2, 0.25) is 0 Å². The van der Waals surface area contributed by atoms with Crippen molar-refractivity contribution < 1.29 is 19.0 Å². The average molecular weight is 291 g/mol. The summed E-state index contributed by atoms with van der Waals surface area (Å²) in [4.78, 5) is 15.0. The van der Waals surface area contributed by atoms with Gasteiger partial charge in [0.2, 0.25) is 0 Å². The zero-order valence-electron chi connectivity index (χ0n) is 12.3. The minimum atomic E-state index is -0.00209. The van der Waals surface area contributed by atoms with Gasteiger partial charge in [0.05, 0.1) is 32.5 Å². The first-order chi connectivity index (χ1) is 10.3. The number of hydrogen-bond donors (Lipinski definition) is 0. The second-order valence-corrected chi connectivity index (χ2v) is 5.47. The summed E-state index contributed by atoms with van der Waals surface area (Å²) in [6.45, 7) is 4.68. The minimum absolute atomic E-state index is 0.00209. The number of nitrogens with zero attached hydrogens (tertiary/aromatic N) is 1. The molecule has 1 aromatic rings. The van der Waals surface area contributed by atoms with E-state index in [0.717, 1.165) is 39.3 Å². The highest BCUT2D eigenvalue weighted by molar-refractivity contribution is 6.01. The van der Waals surface area contributed by atoms with Crippen LogP contribution in [-0.2, 0) is 4.74 Å². The Balaban J connectivity index is 1.76. The molecule has 21 heavy (non-hydrogen) atoms. The van der Waals surface area contributed by atoms with Gasteiger partial charge in [0, 0.05) is 31.6 Å². The average Bonchev–Trinajstić information content (AvgIpc) is 2.68. The number of rotatable bonds is 3. The molecule has 3 rings (SSSR count). The number of Topliss-reactive ketones (excluding diaryl/α,β-unsaturated/α-hetero) is 1. The number of hydrogen-bond acceptors (Lipinski definition) is 5. The maximum atomic E-state index is 12.7. The lowest BCUT2D eigenvalue weighted by Crippen LogP contribution is -2.41. The Hall–Kier alpha value is -1.59. The van der Waals surface area contributed by atoms with Crippen LogP contribution in [0.3, 0.4) is 0 Å². The first kappa shape index (κ1) is 14.4. The van der Waals surface area contributed by atoms with E-state index in [9.17, 15) is 4.79 Å². The molecule has 1 saturated heterocycles. The molecule has 0 aromatic heterocycles. The molecule has 1 atom stereocenters. The van der Waals surface area contributed by atoms with E-state index in [2.05, 4.69) is 4.90 Å². The number of carbonyl (C=O) groups is 1. The molecule has 1 aromatic carbocycles. The summed E-state index contributed by atoms with van der Waals surface area (Å²) >= 11 is 0. The van der Waals surface area contributed by atoms with Crippen molar-refractivity contribution in [2.24, 2.45) is 5.92 Å². The Morgan fingerprint density at radius 1 is 1.29 bits per heavy atom. The highest BCUT2D eigenvalue weighted by Crippen LogP contribution is 2.31. The summed E-state index contributed by atoms with van der Waals surface area (Å²) in [5, 5.41) is 0. The molecule has 0 amide bonds. The van der Waals surface area contributed by atoms with Gasteiger partial charge in [-0.25, -0.2) is 0 Å². The Kier molecular flexibility index (Phi) is 4.41. The van der Waals surface area contributed by atoms with Crippen molar-refractivity contribution in [3.63, 3.8) is 0 Å². The van der Waals surface area contributed by atoms with Crippen molar-refractivity contribution in [3.05, 3.63) is 23.8 Å². The van der Waals surface area contributed by atoms with Gasteiger partial charge in [0.25, 0.3) is 0 Å². The lowest BCUT2D eigenvalue weighted by Gasteiger charge is -2.29. The zero-order valence-corrected chi connectivity index (χ0v) is 12.3. The summed E-state index contributed by atoms with van der Waals surface area (Å²) < 4.78 is 16.3. The van der Waals surface area contributed by atoms with Gasteiger partial charge in [-0.2, -0.15) is 0 Å². The smallest absolute Gasteiger partial charge is 0.171 e. The second-order valence-electron chi connectivity index (χ2n) is 5.47. The van der Waals surface area contributed by atoms with Crippen molar-refractivity contribution in [2.45, 2.75) is 6.42 Å². The van der Waals surface area contributed by atoms with Crippen LogP contribution in [0, 0.1) is 5.92 Å². The number of ketones is 1. The summed E-state index contributed by atoms with van der Waals surface area (Å²) in [7, 11) is 1.61. The van der Waals surface area contributed by atoms with Crippen molar-refractivity contribution in [3.8, 4) is 11.5 Å². The largest absolute Gasteiger partial charge is 0.497 e. The molecule has 0 bridgehead atoms. The van der Waals surface area contributed by atoms with E-state index in [0.29, 0.717) is 23.7 Å². The van der Waals surface area contributed by atoms with E-state index >= 15 is 0 Å². The van der Waals surface area contributed by atoms with Crippen molar-refractivity contribution in [1.29, 1.82) is 0 Å². The molecule has 0 aliphatic carbocycles. The van der Waals surface area contributed by atoms with Gasteiger partial charge in [0.1, 0.15) is 11.5 Å². The van der Waals surface area contributed by atoms with E-state index in [1.54, 1.807) is 13.2 Å². The van der Waals surface area contributed by atoms with E-state index < -0.39 is 0 Å². The van der Waals surface area contributed by atoms with Crippen LogP contribution in [0.25, 0.3) is 0 Å². The number of fused-ring (bicyclic) bond motifs is 1. The molecule has 0 saturated carbocycles. The highest BCUT2D eigenvalue weighted by atomic mass is 16.5. The number of methoxy groups -OCH3 is 1. The summed E-state index contributed by atoms with van der Waals surface area (Å²) in [6, 6.07) is 5.43. The first-order valence-corrected chi connectivity index (χ1v) is 7.43. The fourth-order valence-corrected chi connectivity index (χ4v) is 2.88. The quantitative estimate of drug-likeness (QED) is 0.847. The van der Waals surface area contributed by atoms with Gasteiger partial charge in [0.15, 0.2) is 5.78 Å². The summed E-state index contributed by atoms with van der Waals surface area (Å²) in [5.74, 6) is 1.53. The Labute approximate surface area is 124 Å². The maximum Gasteiger partial charge on any atom is 0.171 e. The first-order valence-electron chi connectivity index (χ1n) is 7.43. The molecular weight excluding hydrogens is 270 g/mol. The predicted octanol–water partition coefficient (Wildman–Crippen LogP) is 1.61. The predicted molar refractivity (Wildman–Crippen MR) is 78.2 cm³/mol. The van der Waals surface area contributed by atoms with Crippen LogP contribution < -0.4 is 9.47 Å². The van der Waals surface area contributed by atoms with Gasteiger partial charge in [-0.05, 0) is 18.6 Å². The lowest BCUT2D eigenvalue weighted by molar-refractivity contribution is 0.0291. The number of carbonyl (C=O) groups excluding carboxylic acids is 1. The third kappa shape index (κ3) is 3.19. The van der Waals surface area contributed by atoms with Gasteiger partial charge >= 0.3 is 0 Å². The molecule has 0 radical (unpaired) electrons. The van der Waals surface area contributed by atoms with E-state index in [-0.39, 0.29) is 11.7 Å². The Morgan fingerprint density at radius 2 is 2.10 bits per heavy atom. The number of ether oxygens (including phenoxy) is 3. The van der Waals surface area contributed by atoms with Crippen molar-refractivity contribution in [1.82, 2.24) is 4.90 Å². The van der Waals surface area contributed by atoms with Crippen LogP contribution in [0.1, 0.15) is 16.8 Å². The third-order valence-corrected chi connectivity index (χ3v) is 4.13. The van der Waals surface area contributed by atoms with Crippen molar-refractivity contribution >= 4 is 5.78 Å². The van der Waals surface area contributed by atoms with Gasteiger partial charge in [-0.1, -0.05) is 0 Å². The Bertz CT molecular complexity index is 511. The van der Waals surface area contributed by atoms with Crippen LogP contribution in [0.5, 0.6) is 11.5 Å². The standard InChI is InChI=1S/C16H21NO4/c1-19-13-2-3-14-15(10-13)21-7-4-12(16(14)18)11-17-5-8-20-9-6-17/h2-3,10,12H,4-9,11H2,1H3. The maximum absolute atomic E-state index is 12.7. The molecule has 114 valence electrons. The van der Waals surface area contributed by atoms with E-state index in [4.69, 9.17) is 14.2 Å². The topological polar surface area (TPSA) is 48.0 Å². The number of benzene rings is 1. The molecule has 2 aliphatic rings. The van der Waals surface area contributed by atoms with Gasteiger partial charge < -0.3 is 14.2 Å². The highest BCUT2D eigenvalue weighted by Gasteiger charge is 2.28. The monoisotopic (exact) mass is 291 g/mol. The molecule has 1 fully saturated rings. The normalized spacial score (nSPS) is 23.1. The third-order valence-electron chi connectivity index (χ3n) is 4.13. The summed E-state index contributed by atoms with van der Waals surface area (Å²) in [6.07, 6.45) is 0.757. The number of morpholine rings is 1. The molecule has 2 heterocycles. The Morgan fingerprint density at radius 3 is 2.86 bits per heavy atom. The fraction of sp³-hybridized carbons (Fsp3) is 0.562. The second kappa shape index (κ2) is 6.45. The zero-order chi connectivity index (χ0) is 14.7. The molecule has 0 spiro atoms. The lowest BCUT2D eigenvalue weighted by atomic mass is 9.94. The van der Waals surface area contributed by atoms with Crippen LogP contribution in [0.15, 0.2) is 18.2 Å². The van der Waals surface area contributed by atoms with Crippen LogP contribution in [0.4, 0.5) is 0 Å². The van der Waals surface area contributed by atoms with E-state index in [1.807, 2.05) is 12.1 Å². The van der Waals surface area contributed by atoms with Gasteiger partial charge in [-0.15, -0.1) is 0 Å². The molecule has 0 N–H and O–H groups in total. The molecule has 1 unspecified atom stereocenters. The summed E-state index contributed by atoms with van der Waals surface area (Å²) in [5.41, 5.74) is 0.673. The fourth-order valence-electron chi connectivity index (χ4n) is 2.88.